The van der Waals surface area contributed by atoms with Gasteiger partial charge in [-0.2, -0.15) is 0 Å². The number of aryl methyl sites for hydroxylation is 1. The van der Waals surface area contributed by atoms with Crippen LogP contribution in [0.25, 0.3) is 0 Å². The zero-order chi connectivity index (χ0) is 25.1. The first-order valence-corrected chi connectivity index (χ1v) is 13.1. The number of hydrogen-bond donors (Lipinski definition) is 2. The van der Waals surface area contributed by atoms with Gasteiger partial charge in [0.15, 0.2) is 11.5 Å². The molecule has 0 saturated heterocycles. The molecule has 192 valence electrons. The van der Waals surface area contributed by atoms with Crippen LogP contribution in [0.15, 0.2) is 36.4 Å². The summed E-state index contributed by atoms with van der Waals surface area (Å²) in [5, 5.41) is 12.9. The van der Waals surface area contributed by atoms with Crippen molar-refractivity contribution >= 4 is 5.91 Å². The molecule has 4 unspecified atom stereocenters. The van der Waals surface area contributed by atoms with Crippen LogP contribution in [0.4, 0.5) is 8.78 Å². The van der Waals surface area contributed by atoms with Gasteiger partial charge in [0, 0.05) is 24.8 Å². The largest absolute Gasteiger partial charge is 0.508 e. The van der Waals surface area contributed by atoms with Crippen LogP contribution in [0.3, 0.4) is 0 Å². The Balaban J connectivity index is 1.14. The van der Waals surface area contributed by atoms with Gasteiger partial charge in [0.05, 0.1) is 0 Å². The molecule has 2 aromatic carbocycles. The van der Waals surface area contributed by atoms with E-state index in [1.807, 2.05) is 30.3 Å². The number of ether oxygens (including phenoxy) is 2. The van der Waals surface area contributed by atoms with Crippen molar-refractivity contribution in [1.82, 2.24) is 5.32 Å². The summed E-state index contributed by atoms with van der Waals surface area (Å²) >= 11 is 0. The molecule has 2 N–H and O–H groups in total. The first-order chi connectivity index (χ1) is 17.2. The molecule has 7 heteroatoms. The number of fused-ring (bicyclic) bond motifs is 6. The van der Waals surface area contributed by atoms with Gasteiger partial charge in [0.25, 0.3) is 5.92 Å². The SMILES string of the molecule is C[C@]12CCC3c4ccc(O)cc4CCC3C1C(CCC(=O)NCc1ccc3c(c1)OCO3)CC2(F)F. The molecule has 0 aromatic heterocycles. The molecule has 6 rings (SSSR count). The minimum Gasteiger partial charge on any atom is -0.508 e. The zero-order valence-corrected chi connectivity index (χ0v) is 20.6. The standard InChI is InChI=1S/C29H33F2NO4/c1-28-11-10-22-21-7-5-20(33)13-18(21)3-6-23(22)27(28)19(14-29(28,30)31)4-9-26(34)32-15-17-2-8-24-25(12-17)36-16-35-24/h2,5,7-8,12-13,19,22-23,27,33H,3-4,6,9-11,14-16H2,1H3,(H,32,34)/t19?,22?,23?,27?,28-/m0/s1. The smallest absolute Gasteiger partial charge is 0.253 e. The number of phenolic OH excluding ortho intramolecular Hbond substituents is 1. The lowest BCUT2D eigenvalue weighted by atomic mass is 9.53. The average Bonchev–Trinajstić information content (AvgIpc) is 3.40. The predicted octanol–water partition coefficient (Wildman–Crippen LogP) is 5.94. The third-order valence-electron chi connectivity index (χ3n) is 9.49. The fourth-order valence-electron chi connectivity index (χ4n) is 7.74. The number of rotatable bonds is 5. The normalized spacial score (nSPS) is 31.3. The monoisotopic (exact) mass is 497 g/mol. The molecule has 1 amide bonds. The van der Waals surface area contributed by atoms with E-state index in [4.69, 9.17) is 9.47 Å². The number of phenols is 1. The second-order valence-electron chi connectivity index (χ2n) is 11.3. The molecule has 2 aromatic rings. The van der Waals surface area contributed by atoms with Crippen LogP contribution in [0.5, 0.6) is 17.2 Å². The highest BCUT2D eigenvalue weighted by Crippen LogP contribution is 2.68. The molecule has 0 spiro atoms. The van der Waals surface area contributed by atoms with Gasteiger partial charge in [-0.15, -0.1) is 0 Å². The van der Waals surface area contributed by atoms with Gasteiger partial charge in [0.1, 0.15) is 5.75 Å². The summed E-state index contributed by atoms with van der Waals surface area (Å²) in [4.78, 5) is 12.7. The molecule has 36 heavy (non-hydrogen) atoms. The van der Waals surface area contributed by atoms with Gasteiger partial charge >= 0.3 is 0 Å². The molecule has 2 saturated carbocycles. The Morgan fingerprint density at radius 3 is 2.83 bits per heavy atom. The van der Waals surface area contributed by atoms with Crippen LogP contribution in [0.2, 0.25) is 0 Å². The lowest BCUT2D eigenvalue weighted by Gasteiger charge is -2.51. The van der Waals surface area contributed by atoms with Crippen molar-refractivity contribution in [3.63, 3.8) is 0 Å². The van der Waals surface area contributed by atoms with Crippen molar-refractivity contribution in [2.24, 2.45) is 23.2 Å². The predicted molar refractivity (Wildman–Crippen MR) is 130 cm³/mol. The van der Waals surface area contributed by atoms with E-state index in [9.17, 15) is 9.90 Å². The first kappa shape index (κ1) is 23.6. The summed E-state index contributed by atoms with van der Waals surface area (Å²) in [5.41, 5.74) is 2.27. The molecule has 1 heterocycles. The molecule has 0 radical (unpaired) electrons. The highest BCUT2D eigenvalue weighted by Gasteiger charge is 2.67. The average molecular weight is 498 g/mol. The molecular formula is C29H33F2NO4. The minimum absolute atomic E-state index is 0.102. The first-order valence-electron chi connectivity index (χ1n) is 13.1. The van der Waals surface area contributed by atoms with E-state index in [2.05, 4.69) is 5.32 Å². The van der Waals surface area contributed by atoms with Crippen LogP contribution in [-0.4, -0.2) is 23.7 Å². The van der Waals surface area contributed by atoms with E-state index < -0.39 is 11.3 Å². The van der Waals surface area contributed by atoms with Gasteiger partial charge in [-0.1, -0.05) is 19.1 Å². The van der Waals surface area contributed by atoms with Crippen LogP contribution < -0.4 is 14.8 Å². The number of hydrogen-bond acceptors (Lipinski definition) is 4. The molecule has 4 aliphatic rings. The van der Waals surface area contributed by atoms with Crippen molar-refractivity contribution in [2.75, 3.05) is 6.79 Å². The number of carbonyl (C=O) groups is 1. The van der Waals surface area contributed by atoms with Crippen molar-refractivity contribution in [2.45, 2.75) is 70.3 Å². The summed E-state index contributed by atoms with van der Waals surface area (Å²) < 4.78 is 41.7. The molecule has 3 aliphatic carbocycles. The Morgan fingerprint density at radius 1 is 1.14 bits per heavy atom. The van der Waals surface area contributed by atoms with Gasteiger partial charge in [-0.25, -0.2) is 8.78 Å². The highest BCUT2D eigenvalue weighted by molar-refractivity contribution is 5.75. The highest BCUT2D eigenvalue weighted by atomic mass is 19.3. The Hall–Kier alpha value is -2.83. The number of alkyl halides is 2. The van der Waals surface area contributed by atoms with Crippen LogP contribution in [-0.2, 0) is 17.8 Å². The Bertz CT molecular complexity index is 1180. The third-order valence-corrected chi connectivity index (χ3v) is 9.49. The van der Waals surface area contributed by atoms with E-state index in [-0.39, 0.29) is 55.0 Å². The fraction of sp³-hybridized carbons (Fsp3) is 0.552. The summed E-state index contributed by atoms with van der Waals surface area (Å²) in [7, 11) is 0. The minimum atomic E-state index is -2.72. The van der Waals surface area contributed by atoms with E-state index in [0.29, 0.717) is 30.9 Å². The molecule has 5 nitrogen and oxygen atoms in total. The van der Waals surface area contributed by atoms with Crippen molar-refractivity contribution in [1.29, 1.82) is 0 Å². The van der Waals surface area contributed by atoms with Crippen LogP contribution >= 0.6 is 0 Å². The summed E-state index contributed by atoms with van der Waals surface area (Å²) in [6, 6.07) is 11.1. The fourth-order valence-corrected chi connectivity index (χ4v) is 7.74. The number of carbonyl (C=O) groups excluding carboxylic acids is 1. The van der Waals surface area contributed by atoms with E-state index in [0.717, 1.165) is 30.4 Å². The van der Waals surface area contributed by atoms with Crippen molar-refractivity contribution in [3.8, 4) is 17.2 Å². The number of halogens is 2. The quantitative estimate of drug-likeness (QED) is 0.537. The molecule has 5 atom stereocenters. The molecule has 0 bridgehead atoms. The molecule has 2 fully saturated rings. The maximum atomic E-state index is 15.5. The van der Waals surface area contributed by atoms with Crippen LogP contribution in [0.1, 0.15) is 68.1 Å². The number of aromatic hydroxyl groups is 1. The number of benzene rings is 2. The lowest BCUT2D eigenvalue weighted by molar-refractivity contribution is -0.133. The maximum Gasteiger partial charge on any atom is 0.253 e. The summed E-state index contributed by atoms with van der Waals surface area (Å²) in [5.74, 6) is -1.02. The zero-order valence-electron chi connectivity index (χ0n) is 20.6. The van der Waals surface area contributed by atoms with Gasteiger partial charge in [-0.05, 0) is 96.7 Å². The van der Waals surface area contributed by atoms with Gasteiger partial charge in [-0.3, -0.25) is 4.79 Å². The third kappa shape index (κ3) is 3.82. The molecule has 1 aliphatic heterocycles. The number of amides is 1. The Kier molecular flexibility index (Phi) is 5.65. The van der Waals surface area contributed by atoms with E-state index >= 15 is 8.78 Å². The maximum absolute atomic E-state index is 15.5. The molecular weight excluding hydrogens is 464 g/mol. The Labute approximate surface area is 210 Å². The lowest BCUT2D eigenvalue weighted by Crippen LogP contribution is -2.47. The van der Waals surface area contributed by atoms with Gasteiger partial charge in [0.2, 0.25) is 12.7 Å². The van der Waals surface area contributed by atoms with E-state index in [1.165, 1.54) is 5.56 Å². The number of nitrogens with one attached hydrogen (secondary N) is 1. The Morgan fingerprint density at radius 2 is 1.97 bits per heavy atom. The van der Waals surface area contributed by atoms with Crippen molar-refractivity contribution < 1.29 is 28.2 Å². The second kappa shape index (κ2) is 8.63. The van der Waals surface area contributed by atoms with Crippen molar-refractivity contribution in [3.05, 3.63) is 53.1 Å². The second-order valence-corrected chi connectivity index (χ2v) is 11.3. The summed E-state index contributed by atoms with van der Waals surface area (Å²) in [6.45, 7) is 2.36. The van der Waals surface area contributed by atoms with Gasteiger partial charge < -0.3 is 19.9 Å². The summed E-state index contributed by atoms with van der Waals surface area (Å²) in [6.07, 6.45) is 3.53. The van der Waals surface area contributed by atoms with Crippen LogP contribution in [0, 0.1) is 23.2 Å². The van der Waals surface area contributed by atoms with E-state index in [1.54, 1.807) is 13.0 Å². The topological polar surface area (TPSA) is 67.8 Å².